The summed E-state index contributed by atoms with van der Waals surface area (Å²) in [6, 6.07) is 11.9. The SMILES string of the molecule is COC1=CC(O)(Oc2ccc3nc(N)sc3c2OC)C=CC1(O)CC(=O)c1ccccc1. The van der Waals surface area contributed by atoms with Crippen LogP contribution in [0.25, 0.3) is 10.2 Å². The largest absolute Gasteiger partial charge is 0.498 e. The second-order valence-corrected chi connectivity index (χ2v) is 8.32. The van der Waals surface area contributed by atoms with Crippen LogP contribution in [0.1, 0.15) is 16.8 Å². The Balaban J connectivity index is 1.62. The fourth-order valence-corrected chi connectivity index (χ4v) is 4.38. The van der Waals surface area contributed by atoms with E-state index in [1.807, 2.05) is 0 Å². The molecule has 0 aliphatic heterocycles. The number of Topliss-reactive ketones (excluding diaryl/α,β-unsaturated/α-hetero) is 1. The summed E-state index contributed by atoms with van der Waals surface area (Å²) in [5, 5.41) is 22.5. The lowest BCUT2D eigenvalue weighted by Gasteiger charge is -2.34. The Kier molecular flexibility index (Phi) is 5.64. The van der Waals surface area contributed by atoms with Gasteiger partial charge in [0.1, 0.15) is 16.1 Å². The maximum atomic E-state index is 12.6. The maximum Gasteiger partial charge on any atom is 0.251 e. The normalized spacial score (nSPS) is 22.4. The van der Waals surface area contributed by atoms with Gasteiger partial charge in [0.25, 0.3) is 5.79 Å². The Morgan fingerprint density at radius 1 is 1.09 bits per heavy atom. The summed E-state index contributed by atoms with van der Waals surface area (Å²) in [5.74, 6) is -1.64. The molecule has 3 aromatic rings. The molecule has 1 aliphatic rings. The number of carbonyl (C=O) groups is 1. The molecule has 0 spiro atoms. The highest BCUT2D eigenvalue weighted by Gasteiger charge is 2.42. The summed E-state index contributed by atoms with van der Waals surface area (Å²) < 4.78 is 17.3. The number of nitrogens with two attached hydrogens (primary N) is 1. The van der Waals surface area contributed by atoms with E-state index >= 15 is 0 Å². The second-order valence-electron chi connectivity index (χ2n) is 7.29. The van der Waals surface area contributed by atoms with Crippen LogP contribution in [0.3, 0.4) is 0 Å². The molecule has 0 saturated heterocycles. The summed E-state index contributed by atoms with van der Waals surface area (Å²) in [4.78, 5) is 16.9. The molecule has 1 aliphatic carbocycles. The van der Waals surface area contributed by atoms with E-state index in [1.165, 1.54) is 43.8 Å². The number of anilines is 1. The number of aliphatic hydroxyl groups is 2. The van der Waals surface area contributed by atoms with Gasteiger partial charge in [-0.3, -0.25) is 4.79 Å². The van der Waals surface area contributed by atoms with Crippen molar-refractivity contribution in [2.24, 2.45) is 0 Å². The van der Waals surface area contributed by atoms with Crippen LogP contribution < -0.4 is 15.2 Å². The molecular weight excluding hydrogens is 432 g/mol. The zero-order valence-corrected chi connectivity index (χ0v) is 18.3. The van der Waals surface area contributed by atoms with E-state index < -0.39 is 11.4 Å². The van der Waals surface area contributed by atoms with Crippen LogP contribution >= 0.6 is 11.3 Å². The Bertz CT molecular complexity index is 1220. The van der Waals surface area contributed by atoms with Crippen molar-refractivity contribution in [1.29, 1.82) is 0 Å². The first-order chi connectivity index (χ1) is 15.3. The minimum atomic E-state index is -1.95. The van der Waals surface area contributed by atoms with Gasteiger partial charge in [-0.25, -0.2) is 4.98 Å². The van der Waals surface area contributed by atoms with Crippen molar-refractivity contribution >= 4 is 32.5 Å². The van der Waals surface area contributed by atoms with Crippen molar-refractivity contribution in [2.75, 3.05) is 20.0 Å². The number of hydrogen-bond donors (Lipinski definition) is 3. The molecule has 2 aromatic carbocycles. The van der Waals surface area contributed by atoms with Crippen LogP contribution in [0.15, 0.2) is 66.5 Å². The highest BCUT2D eigenvalue weighted by Crippen LogP contribution is 2.42. The van der Waals surface area contributed by atoms with E-state index in [0.717, 1.165) is 0 Å². The summed E-state index contributed by atoms with van der Waals surface area (Å²) >= 11 is 1.23. The lowest BCUT2D eigenvalue weighted by atomic mass is 9.86. The smallest absolute Gasteiger partial charge is 0.251 e. The Labute approximate surface area is 188 Å². The van der Waals surface area contributed by atoms with Gasteiger partial charge in [0.2, 0.25) is 0 Å². The number of ether oxygens (including phenoxy) is 3. The minimum absolute atomic E-state index is 0.0196. The molecule has 0 saturated carbocycles. The number of carbonyl (C=O) groups excluding carboxylic acids is 1. The second kappa shape index (κ2) is 8.27. The molecule has 1 heterocycles. The predicted octanol–water partition coefficient (Wildman–Crippen LogP) is 3.06. The number of rotatable bonds is 7. The molecule has 2 atom stereocenters. The lowest BCUT2D eigenvalue weighted by molar-refractivity contribution is -0.0658. The molecule has 4 N–H and O–H groups in total. The van der Waals surface area contributed by atoms with Gasteiger partial charge in [0, 0.05) is 11.6 Å². The molecular formula is C23H22N2O6S. The molecule has 8 nitrogen and oxygen atoms in total. The third-order valence-electron chi connectivity index (χ3n) is 5.08. The molecule has 1 aromatic heterocycles. The highest BCUT2D eigenvalue weighted by atomic mass is 32.1. The molecule has 0 amide bonds. The number of nitrogens with zero attached hydrogens (tertiary/aromatic N) is 1. The van der Waals surface area contributed by atoms with E-state index in [4.69, 9.17) is 19.9 Å². The first-order valence-electron chi connectivity index (χ1n) is 9.69. The van der Waals surface area contributed by atoms with Gasteiger partial charge in [-0.1, -0.05) is 41.7 Å². The van der Waals surface area contributed by atoms with Crippen molar-refractivity contribution in [3.05, 3.63) is 72.0 Å². The number of nitrogen functional groups attached to an aromatic ring is 1. The number of aromatic nitrogens is 1. The molecule has 0 fully saturated rings. The highest BCUT2D eigenvalue weighted by molar-refractivity contribution is 7.22. The molecule has 0 bridgehead atoms. The van der Waals surface area contributed by atoms with Gasteiger partial charge in [0.15, 0.2) is 22.4 Å². The van der Waals surface area contributed by atoms with E-state index in [0.29, 0.717) is 26.7 Å². The monoisotopic (exact) mass is 454 g/mol. The summed E-state index contributed by atoms with van der Waals surface area (Å²) in [6.07, 6.45) is 3.51. The predicted molar refractivity (Wildman–Crippen MR) is 121 cm³/mol. The van der Waals surface area contributed by atoms with Crippen molar-refractivity contribution in [2.45, 2.75) is 17.8 Å². The van der Waals surface area contributed by atoms with Crippen LogP contribution in [0.2, 0.25) is 0 Å². The van der Waals surface area contributed by atoms with E-state index in [1.54, 1.807) is 42.5 Å². The van der Waals surface area contributed by atoms with Gasteiger partial charge in [-0.15, -0.1) is 0 Å². The molecule has 2 unspecified atom stereocenters. The third-order valence-corrected chi connectivity index (χ3v) is 5.98. The van der Waals surface area contributed by atoms with Crippen LogP contribution in [0, 0.1) is 0 Å². The first kappa shape index (κ1) is 21.8. The quantitative estimate of drug-likeness (QED) is 0.283. The Morgan fingerprint density at radius 2 is 1.84 bits per heavy atom. The Morgan fingerprint density at radius 3 is 2.53 bits per heavy atom. The molecule has 9 heteroatoms. The lowest BCUT2D eigenvalue weighted by Crippen LogP contribution is -2.42. The summed E-state index contributed by atoms with van der Waals surface area (Å²) in [5.41, 5.74) is 5.16. The van der Waals surface area contributed by atoms with Crippen molar-refractivity contribution < 1.29 is 29.2 Å². The van der Waals surface area contributed by atoms with Gasteiger partial charge in [-0.2, -0.15) is 0 Å². The van der Waals surface area contributed by atoms with Crippen LogP contribution in [0.4, 0.5) is 5.13 Å². The maximum absolute atomic E-state index is 12.6. The fraction of sp³-hybridized carbons (Fsp3) is 0.217. The minimum Gasteiger partial charge on any atom is -0.498 e. The zero-order valence-electron chi connectivity index (χ0n) is 17.4. The average Bonchev–Trinajstić information content (AvgIpc) is 3.16. The van der Waals surface area contributed by atoms with Crippen LogP contribution in [-0.4, -0.2) is 46.6 Å². The number of benzene rings is 2. The number of thiazole rings is 1. The number of ketones is 1. The van der Waals surface area contributed by atoms with Crippen molar-refractivity contribution in [3.8, 4) is 11.5 Å². The summed E-state index contributed by atoms with van der Waals surface area (Å²) in [7, 11) is 2.82. The van der Waals surface area contributed by atoms with E-state index in [2.05, 4.69) is 4.98 Å². The van der Waals surface area contributed by atoms with Gasteiger partial charge >= 0.3 is 0 Å². The topological polar surface area (TPSA) is 124 Å². The van der Waals surface area contributed by atoms with Crippen molar-refractivity contribution in [3.63, 3.8) is 0 Å². The zero-order chi connectivity index (χ0) is 22.9. The van der Waals surface area contributed by atoms with Crippen molar-refractivity contribution in [1.82, 2.24) is 4.98 Å². The van der Waals surface area contributed by atoms with Crippen LogP contribution in [0.5, 0.6) is 11.5 Å². The third kappa shape index (κ3) is 4.05. The van der Waals surface area contributed by atoms with Gasteiger partial charge in [0.05, 0.1) is 26.2 Å². The first-order valence-corrected chi connectivity index (χ1v) is 10.5. The van der Waals surface area contributed by atoms with E-state index in [-0.39, 0.29) is 23.7 Å². The molecule has 32 heavy (non-hydrogen) atoms. The number of fused-ring (bicyclic) bond motifs is 1. The average molecular weight is 455 g/mol. The van der Waals surface area contributed by atoms with Gasteiger partial charge < -0.3 is 30.2 Å². The fourth-order valence-electron chi connectivity index (χ4n) is 3.53. The van der Waals surface area contributed by atoms with Gasteiger partial charge in [-0.05, 0) is 24.3 Å². The molecule has 166 valence electrons. The van der Waals surface area contributed by atoms with E-state index in [9.17, 15) is 15.0 Å². The number of methoxy groups -OCH3 is 2. The summed E-state index contributed by atoms with van der Waals surface area (Å²) in [6.45, 7) is 0. The molecule has 4 rings (SSSR count). The Hall–Kier alpha value is -3.40. The standard InChI is InChI=1S/C23H22N2O6S/c1-29-18-13-23(28,11-10-22(18,27)12-16(26)14-6-4-3-5-7-14)31-17-9-8-15-20(19(17)30-2)32-21(24)25-15/h3-11,13,27-28H,12H2,1-2H3,(H2,24,25). The number of hydrogen-bond acceptors (Lipinski definition) is 9. The van der Waals surface area contributed by atoms with Crippen LogP contribution in [-0.2, 0) is 4.74 Å². The molecule has 0 radical (unpaired) electrons.